The van der Waals surface area contributed by atoms with E-state index in [0.29, 0.717) is 19.0 Å². The molecule has 1 aliphatic heterocycles. The summed E-state index contributed by atoms with van der Waals surface area (Å²) < 4.78 is 23.2. The molecule has 1 fully saturated rings. The van der Waals surface area contributed by atoms with Gasteiger partial charge < -0.3 is 44.5 Å². The van der Waals surface area contributed by atoms with E-state index in [2.05, 4.69) is 0 Å². The number of hydrogen-bond acceptors (Lipinski definition) is 9. The normalized spacial score (nSPS) is 23.9. The first-order valence-corrected chi connectivity index (χ1v) is 11.6. The molecule has 0 aliphatic carbocycles. The quantitative estimate of drug-likeness (QED) is 0.285. The fourth-order valence-corrected chi connectivity index (χ4v) is 3.79. The number of aliphatic hydroxyl groups is 3. The number of ether oxygens (including phenoxy) is 4. The third-order valence-electron chi connectivity index (χ3n) is 5.85. The van der Waals surface area contributed by atoms with Crippen LogP contribution in [0.5, 0.6) is 17.2 Å². The first-order valence-electron chi connectivity index (χ1n) is 11.6. The van der Waals surface area contributed by atoms with Gasteiger partial charge >= 0.3 is 0 Å². The average Bonchev–Trinajstić information content (AvgIpc) is 2.89. The summed E-state index contributed by atoms with van der Waals surface area (Å²) in [5, 5.41) is 49.3. The van der Waals surface area contributed by atoms with Crippen LogP contribution in [0.1, 0.15) is 16.7 Å². The summed E-state index contributed by atoms with van der Waals surface area (Å²) in [5.74, 6) is 0.772. The molecule has 9 nitrogen and oxygen atoms in total. The Kier molecular flexibility index (Phi) is 8.76. The molecule has 9 heteroatoms. The number of rotatable bonds is 10. The topological polar surface area (TPSA) is 138 Å². The molecule has 5 atom stereocenters. The number of hydrogen-bond donors (Lipinski definition) is 5. The van der Waals surface area contributed by atoms with E-state index in [1.807, 2.05) is 12.1 Å². The Balaban J connectivity index is 1.36. The minimum Gasteiger partial charge on any atom is -0.508 e. The zero-order valence-corrected chi connectivity index (χ0v) is 19.5. The van der Waals surface area contributed by atoms with Gasteiger partial charge in [0.1, 0.15) is 41.7 Å². The van der Waals surface area contributed by atoms with Crippen molar-refractivity contribution in [3.8, 4) is 17.2 Å². The molecular formula is C27H30O9. The van der Waals surface area contributed by atoms with Crippen molar-refractivity contribution >= 4 is 0 Å². The van der Waals surface area contributed by atoms with Gasteiger partial charge in [-0.15, -0.1) is 0 Å². The number of aromatic hydroxyl groups is 2. The summed E-state index contributed by atoms with van der Waals surface area (Å²) in [6, 6.07) is 20.3. The molecule has 0 saturated carbocycles. The van der Waals surface area contributed by atoms with Crippen LogP contribution in [0, 0.1) is 0 Å². The van der Waals surface area contributed by atoms with E-state index in [-0.39, 0.29) is 18.1 Å². The summed E-state index contributed by atoms with van der Waals surface area (Å²) in [6.45, 7) is 0.354. The molecular weight excluding hydrogens is 468 g/mol. The van der Waals surface area contributed by atoms with E-state index < -0.39 is 37.3 Å². The number of aliphatic hydroxyl groups excluding tert-OH is 3. The Labute approximate surface area is 208 Å². The Bertz CT molecular complexity index is 1070. The van der Waals surface area contributed by atoms with Gasteiger partial charge in [0, 0.05) is 0 Å². The minimum atomic E-state index is -1.36. The third-order valence-corrected chi connectivity index (χ3v) is 5.85. The standard InChI is InChI=1S/C27H30O9/c28-13-23-24(31)25(32)26(34-16-19-3-9-21(30)10-4-19)27(36-23)35-22-11-5-18(6-12-22)15-33-14-17-1-7-20(29)8-2-17/h1-12,23-32H,13-16H2/t23-,24-,25+,26-,27-/m1/s1. The van der Waals surface area contributed by atoms with Crippen LogP contribution in [-0.2, 0) is 34.0 Å². The highest BCUT2D eigenvalue weighted by Crippen LogP contribution is 2.27. The lowest BCUT2D eigenvalue weighted by Crippen LogP contribution is -2.60. The first kappa shape index (κ1) is 25.9. The summed E-state index contributed by atoms with van der Waals surface area (Å²) in [4.78, 5) is 0. The largest absolute Gasteiger partial charge is 0.508 e. The van der Waals surface area contributed by atoms with Gasteiger partial charge in [-0.2, -0.15) is 0 Å². The van der Waals surface area contributed by atoms with Crippen molar-refractivity contribution in [3.05, 3.63) is 89.5 Å². The number of benzene rings is 3. The fourth-order valence-electron chi connectivity index (χ4n) is 3.79. The second-order valence-corrected chi connectivity index (χ2v) is 8.57. The average molecular weight is 499 g/mol. The van der Waals surface area contributed by atoms with Gasteiger partial charge in [-0.1, -0.05) is 36.4 Å². The van der Waals surface area contributed by atoms with Crippen molar-refractivity contribution in [3.63, 3.8) is 0 Å². The second-order valence-electron chi connectivity index (χ2n) is 8.57. The zero-order chi connectivity index (χ0) is 25.5. The van der Waals surface area contributed by atoms with Crippen molar-refractivity contribution in [2.75, 3.05) is 6.61 Å². The SMILES string of the molecule is OC[C@H]1O[C@@H](Oc2ccc(COCc3ccc(O)cc3)cc2)[C@H](OCc2ccc(O)cc2)[C@@H](O)[C@@H]1O. The van der Waals surface area contributed by atoms with Gasteiger partial charge in [-0.25, -0.2) is 0 Å². The Morgan fingerprint density at radius 1 is 0.667 bits per heavy atom. The molecule has 1 aliphatic rings. The van der Waals surface area contributed by atoms with Gasteiger partial charge in [0.2, 0.25) is 6.29 Å². The monoisotopic (exact) mass is 498 g/mol. The van der Waals surface area contributed by atoms with Gasteiger partial charge in [0.25, 0.3) is 0 Å². The third kappa shape index (κ3) is 6.73. The Hall–Kier alpha value is -3.18. The smallest absolute Gasteiger partial charge is 0.229 e. The van der Waals surface area contributed by atoms with Crippen LogP contribution in [0.3, 0.4) is 0 Å². The van der Waals surface area contributed by atoms with Gasteiger partial charge in [-0.3, -0.25) is 0 Å². The molecule has 5 N–H and O–H groups in total. The molecule has 0 bridgehead atoms. The molecule has 0 aromatic heterocycles. The summed E-state index contributed by atoms with van der Waals surface area (Å²) >= 11 is 0. The van der Waals surface area contributed by atoms with Gasteiger partial charge in [-0.05, 0) is 53.1 Å². The van der Waals surface area contributed by atoms with Crippen LogP contribution in [0.15, 0.2) is 72.8 Å². The summed E-state index contributed by atoms with van der Waals surface area (Å²) in [7, 11) is 0. The maximum absolute atomic E-state index is 10.6. The van der Waals surface area contributed by atoms with Crippen LogP contribution in [0.25, 0.3) is 0 Å². The zero-order valence-electron chi connectivity index (χ0n) is 19.5. The maximum Gasteiger partial charge on any atom is 0.229 e. The second kappa shape index (κ2) is 12.2. The molecule has 1 saturated heterocycles. The van der Waals surface area contributed by atoms with Crippen LogP contribution < -0.4 is 4.74 Å². The molecule has 3 aromatic rings. The lowest BCUT2D eigenvalue weighted by atomic mass is 9.99. The van der Waals surface area contributed by atoms with Crippen LogP contribution in [-0.4, -0.2) is 62.8 Å². The van der Waals surface area contributed by atoms with Crippen molar-refractivity contribution in [1.82, 2.24) is 0 Å². The van der Waals surface area contributed by atoms with E-state index >= 15 is 0 Å². The molecule has 0 amide bonds. The van der Waals surface area contributed by atoms with Crippen LogP contribution >= 0.6 is 0 Å². The lowest BCUT2D eigenvalue weighted by Gasteiger charge is -2.41. The minimum absolute atomic E-state index is 0.0824. The van der Waals surface area contributed by atoms with Crippen LogP contribution in [0.4, 0.5) is 0 Å². The van der Waals surface area contributed by atoms with Gasteiger partial charge in [0.15, 0.2) is 0 Å². The van der Waals surface area contributed by atoms with Crippen molar-refractivity contribution in [2.45, 2.75) is 50.5 Å². The predicted octanol–water partition coefficient (Wildman–Crippen LogP) is 2.22. The molecule has 0 unspecified atom stereocenters. The van der Waals surface area contributed by atoms with E-state index in [1.54, 1.807) is 48.5 Å². The van der Waals surface area contributed by atoms with Crippen molar-refractivity contribution in [1.29, 1.82) is 0 Å². The lowest BCUT2D eigenvalue weighted by molar-refractivity contribution is -0.289. The highest BCUT2D eigenvalue weighted by molar-refractivity contribution is 5.28. The molecule has 192 valence electrons. The van der Waals surface area contributed by atoms with E-state index in [0.717, 1.165) is 16.7 Å². The van der Waals surface area contributed by atoms with Crippen molar-refractivity contribution in [2.24, 2.45) is 0 Å². The Morgan fingerprint density at radius 3 is 1.69 bits per heavy atom. The van der Waals surface area contributed by atoms with E-state index in [4.69, 9.17) is 18.9 Å². The number of phenolic OH excluding ortho intramolecular Hbond substituents is 2. The molecule has 0 radical (unpaired) electrons. The Morgan fingerprint density at radius 2 is 1.17 bits per heavy atom. The predicted molar refractivity (Wildman–Crippen MR) is 128 cm³/mol. The molecule has 3 aromatic carbocycles. The molecule has 0 spiro atoms. The van der Waals surface area contributed by atoms with Crippen molar-refractivity contribution < 1.29 is 44.5 Å². The van der Waals surface area contributed by atoms with E-state index in [1.165, 1.54) is 12.1 Å². The summed E-state index contributed by atoms with van der Waals surface area (Å²) in [5.41, 5.74) is 2.60. The van der Waals surface area contributed by atoms with Gasteiger partial charge in [0.05, 0.1) is 26.4 Å². The molecule has 1 heterocycles. The fraction of sp³-hybridized carbons (Fsp3) is 0.333. The highest BCUT2D eigenvalue weighted by atomic mass is 16.7. The van der Waals surface area contributed by atoms with Crippen LogP contribution in [0.2, 0.25) is 0 Å². The first-order chi connectivity index (χ1) is 17.4. The highest BCUT2D eigenvalue weighted by Gasteiger charge is 2.46. The maximum atomic E-state index is 10.6. The van der Waals surface area contributed by atoms with E-state index in [9.17, 15) is 25.5 Å². The molecule has 4 rings (SSSR count). The summed E-state index contributed by atoms with van der Waals surface area (Å²) in [6.07, 6.45) is -5.87. The molecule has 36 heavy (non-hydrogen) atoms. The number of phenols is 2.